The number of rotatable bonds is 6. The smallest absolute Gasteiger partial charge is 0.339 e. The van der Waals surface area contributed by atoms with Crippen LogP contribution in [-0.4, -0.2) is 26.9 Å². The van der Waals surface area contributed by atoms with Gasteiger partial charge in [0.25, 0.3) is 0 Å². The number of furan rings is 1. The summed E-state index contributed by atoms with van der Waals surface area (Å²) in [5, 5.41) is 16.3. The molecule has 2 heterocycles. The van der Waals surface area contributed by atoms with Crippen molar-refractivity contribution in [3.05, 3.63) is 41.6 Å². The SMILES string of the molecule is Cc1oc(CNC(C)Cn2cccn2)cc1C(=O)O. The highest BCUT2D eigenvalue weighted by Gasteiger charge is 2.14. The van der Waals surface area contributed by atoms with Crippen LogP contribution in [0, 0.1) is 6.92 Å². The average molecular weight is 263 g/mol. The zero-order valence-electron chi connectivity index (χ0n) is 11.0. The molecular weight excluding hydrogens is 246 g/mol. The van der Waals surface area contributed by atoms with Gasteiger partial charge in [0.15, 0.2) is 0 Å². The first-order valence-electron chi connectivity index (χ1n) is 6.09. The van der Waals surface area contributed by atoms with Gasteiger partial charge in [0, 0.05) is 18.4 Å². The highest BCUT2D eigenvalue weighted by molar-refractivity contribution is 5.88. The fourth-order valence-electron chi connectivity index (χ4n) is 1.87. The Kier molecular flexibility index (Phi) is 4.01. The van der Waals surface area contributed by atoms with Crippen LogP contribution in [-0.2, 0) is 13.1 Å². The molecule has 0 fully saturated rings. The number of aromatic nitrogens is 2. The summed E-state index contributed by atoms with van der Waals surface area (Å²) in [6.07, 6.45) is 3.64. The lowest BCUT2D eigenvalue weighted by Crippen LogP contribution is -2.30. The number of carbonyl (C=O) groups is 1. The normalized spacial score (nSPS) is 12.5. The second-order valence-electron chi connectivity index (χ2n) is 4.50. The largest absolute Gasteiger partial charge is 0.478 e. The Hall–Kier alpha value is -2.08. The third kappa shape index (κ3) is 3.45. The molecule has 6 nitrogen and oxygen atoms in total. The van der Waals surface area contributed by atoms with E-state index in [4.69, 9.17) is 9.52 Å². The number of nitrogens with zero attached hydrogens (tertiary/aromatic N) is 2. The number of aryl methyl sites for hydroxylation is 1. The monoisotopic (exact) mass is 263 g/mol. The molecular formula is C13H17N3O3. The van der Waals surface area contributed by atoms with E-state index in [1.54, 1.807) is 19.2 Å². The van der Waals surface area contributed by atoms with Crippen LogP contribution in [0.4, 0.5) is 0 Å². The van der Waals surface area contributed by atoms with Crippen LogP contribution in [0.25, 0.3) is 0 Å². The second kappa shape index (κ2) is 5.71. The lowest BCUT2D eigenvalue weighted by Gasteiger charge is -2.12. The van der Waals surface area contributed by atoms with Gasteiger partial charge in [-0.2, -0.15) is 5.10 Å². The molecule has 2 N–H and O–H groups in total. The van der Waals surface area contributed by atoms with Crippen LogP contribution in [0.15, 0.2) is 28.9 Å². The number of carboxylic acid groups (broad SMARTS) is 1. The van der Waals surface area contributed by atoms with Crippen molar-refractivity contribution in [2.75, 3.05) is 0 Å². The van der Waals surface area contributed by atoms with Gasteiger partial charge < -0.3 is 14.8 Å². The summed E-state index contributed by atoms with van der Waals surface area (Å²) in [5.74, 6) is 0.100. The topological polar surface area (TPSA) is 80.3 Å². The van der Waals surface area contributed by atoms with Crippen LogP contribution in [0.1, 0.15) is 28.8 Å². The van der Waals surface area contributed by atoms with Gasteiger partial charge in [-0.15, -0.1) is 0 Å². The Balaban J connectivity index is 1.88. The van der Waals surface area contributed by atoms with Crippen molar-refractivity contribution < 1.29 is 14.3 Å². The molecule has 0 radical (unpaired) electrons. The lowest BCUT2D eigenvalue weighted by molar-refractivity contribution is 0.0695. The Morgan fingerprint density at radius 1 is 1.63 bits per heavy atom. The van der Waals surface area contributed by atoms with Gasteiger partial charge in [-0.25, -0.2) is 4.79 Å². The molecule has 102 valence electrons. The molecule has 1 atom stereocenters. The number of aromatic carboxylic acids is 1. The first kappa shape index (κ1) is 13.4. The van der Waals surface area contributed by atoms with Gasteiger partial charge in [0.05, 0.1) is 13.1 Å². The summed E-state index contributed by atoms with van der Waals surface area (Å²) in [6.45, 7) is 4.94. The summed E-state index contributed by atoms with van der Waals surface area (Å²) in [4.78, 5) is 10.9. The molecule has 0 amide bonds. The maximum atomic E-state index is 10.9. The first-order chi connectivity index (χ1) is 9.06. The summed E-state index contributed by atoms with van der Waals surface area (Å²) < 4.78 is 7.24. The van der Waals surface area contributed by atoms with E-state index in [-0.39, 0.29) is 11.6 Å². The molecule has 2 aromatic heterocycles. The van der Waals surface area contributed by atoms with Crippen molar-refractivity contribution in [3.63, 3.8) is 0 Å². The van der Waals surface area contributed by atoms with E-state index in [9.17, 15) is 4.79 Å². The summed E-state index contributed by atoms with van der Waals surface area (Å²) in [5.41, 5.74) is 0.219. The number of nitrogens with one attached hydrogen (secondary N) is 1. The first-order valence-corrected chi connectivity index (χ1v) is 6.09. The van der Waals surface area contributed by atoms with E-state index in [1.165, 1.54) is 0 Å². The third-order valence-electron chi connectivity index (χ3n) is 2.84. The van der Waals surface area contributed by atoms with E-state index < -0.39 is 5.97 Å². The number of hydrogen-bond donors (Lipinski definition) is 2. The van der Waals surface area contributed by atoms with Gasteiger partial charge in [-0.05, 0) is 26.0 Å². The van der Waals surface area contributed by atoms with E-state index in [1.807, 2.05) is 23.9 Å². The fourth-order valence-corrected chi connectivity index (χ4v) is 1.87. The van der Waals surface area contributed by atoms with Crippen LogP contribution in [0.2, 0.25) is 0 Å². The predicted octanol–water partition coefficient (Wildman–Crippen LogP) is 1.66. The lowest BCUT2D eigenvalue weighted by atomic mass is 10.2. The maximum Gasteiger partial charge on any atom is 0.339 e. The van der Waals surface area contributed by atoms with Gasteiger partial charge in [-0.1, -0.05) is 0 Å². The van der Waals surface area contributed by atoms with E-state index in [2.05, 4.69) is 10.4 Å². The van der Waals surface area contributed by atoms with E-state index >= 15 is 0 Å². The van der Waals surface area contributed by atoms with Gasteiger partial charge in [-0.3, -0.25) is 4.68 Å². The molecule has 2 aromatic rings. The minimum Gasteiger partial charge on any atom is -0.478 e. The van der Waals surface area contributed by atoms with Crippen LogP contribution >= 0.6 is 0 Å². The molecule has 0 saturated heterocycles. The van der Waals surface area contributed by atoms with Crippen LogP contribution < -0.4 is 5.32 Å². The standard InChI is InChI=1S/C13H17N3O3/c1-9(8-16-5-3-4-15-16)14-7-11-6-12(13(17)18)10(2)19-11/h3-6,9,14H,7-8H2,1-2H3,(H,17,18). The summed E-state index contributed by atoms with van der Waals surface area (Å²) in [6, 6.07) is 3.64. The minimum atomic E-state index is -0.961. The molecule has 19 heavy (non-hydrogen) atoms. The molecule has 6 heteroatoms. The van der Waals surface area contributed by atoms with Crippen molar-refractivity contribution in [3.8, 4) is 0 Å². The van der Waals surface area contributed by atoms with E-state index in [0.717, 1.165) is 6.54 Å². The Bertz CT molecular complexity index is 545. The zero-order valence-corrected chi connectivity index (χ0v) is 11.0. The molecule has 1 unspecified atom stereocenters. The van der Waals surface area contributed by atoms with Crippen LogP contribution in [0.3, 0.4) is 0 Å². The molecule has 0 aliphatic rings. The molecule has 0 spiro atoms. The van der Waals surface area contributed by atoms with Crippen LogP contribution in [0.5, 0.6) is 0 Å². The number of hydrogen-bond acceptors (Lipinski definition) is 4. The summed E-state index contributed by atoms with van der Waals surface area (Å²) in [7, 11) is 0. The maximum absolute atomic E-state index is 10.9. The van der Waals surface area contributed by atoms with Crippen molar-refractivity contribution in [1.82, 2.24) is 15.1 Å². The van der Waals surface area contributed by atoms with Crippen molar-refractivity contribution in [2.45, 2.75) is 33.0 Å². The Labute approximate surface area is 111 Å². The van der Waals surface area contributed by atoms with Crippen molar-refractivity contribution in [2.24, 2.45) is 0 Å². The summed E-state index contributed by atoms with van der Waals surface area (Å²) >= 11 is 0. The zero-order chi connectivity index (χ0) is 13.8. The van der Waals surface area contributed by atoms with Gasteiger partial charge in [0.1, 0.15) is 17.1 Å². The molecule has 0 aromatic carbocycles. The molecule has 0 bridgehead atoms. The highest BCUT2D eigenvalue weighted by Crippen LogP contribution is 2.14. The Morgan fingerprint density at radius 2 is 2.42 bits per heavy atom. The fraction of sp³-hybridized carbons (Fsp3) is 0.385. The highest BCUT2D eigenvalue weighted by atomic mass is 16.4. The second-order valence-corrected chi connectivity index (χ2v) is 4.50. The quantitative estimate of drug-likeness (QED) is 0.828. The van der Waals surface area contributed by atoms with Crippen molar-refractivity contribution >= 4 is 5.97 Å². The third-order valence-corrected chi connectivity index (χ3v) is 2.84. The molecule has 0 saturated carbocycles. The minimum absolute atomic E-state index is 0.207. The van der Waals surface area contributed by atoms with Gasteiger partial charge >= 0.3 is 5.97 Å². The Morgan fingerprint density at radius 3 is 3.00 bits per heavy atom. The molecule has 2 rings (SSSR count). The van der Waals surface area contributed by atoms with Gasteiger partial charge in [0.2, 0.25) is 0 Å². The number of carboxylic acids is 1. The van der Waals surface area contributed by atoms with Crippen molar-refractivity contribution in [1.29, 1.82) is 0 Å². The predicted molar refractivity (Wildman–Crippen MR) is 68.9 cm³/mol. The average Bonchev–Trinajstić information content (AvgIpc) is 2.96. The molecule has 0 aliphatic heterocycles. The van der Waals surface area contributed by atoms with E-state index in [0.29, 0.717) is 18.1 Å². The molecule has 0 aliphatic carbocycles.